The van der Waals surface area contributed by atoms with Gasteiger partial charge in [-0.1, -0.05) is 18.2 Å². The third-order valence-corrected chi connectivity index (χ3v) is 3.25. The van der Waals surface area contributed by atoms with Crippen molar-refractivity contribution in [2.75, 3.05) is 13.1 Å². The molecule has 0 atom stereocenters. The van der Waals surface area contributed by atoms with Gasteiger partial charge in [-0.05, 0) is 12.5 Å². The Balaban J connectivity index is 2.02. The fraction of sp³-hybridized carbons (Fsp3) is 0.455. The van der Waals surface area contributed by atoms with E-state index in [1.807, 2.05) is 18.2 Å². The van der Waals surface area contributed by atoms with Crippen LogP contribution in [-0.2, 0) is 6.54 Å². The van der Waals surface area contributed by atoms with E-state index in [1.165, 1.54) is 0 Å². The lowest BCUT2D eigenvalue weighted by Gasteiger charge is -2.17. The van der Waals surface area contributed by atoms with Gasteiger partial charge >= 0.3 is 0 Å². The highest BCUT2D eigenvalue weighted by Gasteiger charge is 2.33. The number of hydrogen-bond acceptors (Lipinski definition) is 2. The van der Waals surface area contributed by atoms with Crippen LogP contribution >= 0.6 is 23.2 Å². The van der Waals surface area contributed by atoms with Gasteiger partial charge in [0.05, 0.1) is 0 Å². The van der Waals surface area contributed by atoms with Gasteiger partial charge < -0.3 is 5.11 Å². The molecule has 2 rings (SSSR count). The van der Waals surface area contributed by atoms with E-state index in [1.54, 1.807) is 6.07 Å². The maximum Gasteiger partial charge on any atom is 0.132 e. The Labute approximate surface area is 99.4 Å². The van der Waals surface area contributed by atoms with Crippen molar-refractivity contribution in [2.24, 2.45) is 0 Å². The van der Waals surface area contributed by atoms with E-state index < -0.39 is 4.33 Å². The number of alkyl halides is 2. The average Bonchev–Trinajstić information content (AvgIpc) is 2.50. The topological polar surface area (TPSA) is 23.5 Å². The van der Waals surface area contributed by atoms with Gasteiger partial charge in [-0.2, -0.15) is 0 Å². The highest BCUT2D eigenvalue weighted by atomic mass is 35.5. The molecule has 0 saturated carbocycles. The zero-order chi connectivity index (χ0) is 10.9. The monoisotopic (exact) mass is 245 g/mol. The number of nitrogens with zero attached hydrogens (tertiary/aromatic N) is 1. The lowest BCUT2D eigenvalue weighted by Crippen LogP contribution is -2.23. The fourth-order valence-corrected chi connectivity index (χ4v) is 2.33. The summed E-state index contributed by atoms with van der Waals surface area (Å²) in [5.41, 5.74) is 0.920. The number of phenols is 1. The van der Waals surface area contributed by atoms with Crippen molar-refractivity contribution in [1.29, 1.82) is 0 Å². The van der Waals surface area contributed by atoms with Crippen molar-refractivity contribution >= 4 is 23.2 Å². The Hall–Kier alpha value is -0.440. The first-order chi connectivity index (χ1) is 7.07. The summed E-state index contributed by atoms with van der Waals surface area (Å²) in [5.74, 6) is 0.333. The molecule has 0 amide bonds. The molecule has 0 aromatic heterocycles. The smallest absolute Gasteiger partial charge is 0.132 e. The van der Waals surface area contributed by atoms with Gasteiger partial charge in [-0.15, -0.1) is 23.2 Å². The Morgan fingerprint density at radius 1 is 1.33 bits per heavy atom. The Kier molecular flexibility index (Phi) is 3.10. The molecule has 1 aromatic rings. The van der Waals surface area contributed by atoms with Gasteiger partial charge in [0.15, 0.2) is 0 Å². The van der Waals surface area contributed by atoms with Crippen LogP contribution in [0.15, 0.2) is 24.3 Å². The first-order valence-corrected chi connectivity index (χ1v) is 5.69. The highest BCUT2D eigenvalue weighted by Crippen LogP contribution is 2.33. The zero-order valence-electron chi connectivity index (χ0n) is 8.29. The largest absolute Gasteiger partial charge is 0.508 e. The second-order valence-electron chi connectivity index (χ2n) is 3.95. The minimum atomic E-state index is -0.621. The summed E-state index contributed by atoms with van der Waals surface area (Å²) in [6, 6.07) is 7.34. The molecule has 1 aliphatic heterocycles. The van der Waals surface area contributed by atoms with Crippen LogP contribution in [0.5, 0.6) is 5.75 Å². The number of para-hydroxylation sites is 1. The van der Waals surface area contributed by atoms with Crippen molar-refractivity contribution in [3.05, 3.63) is 29.8 Å². The normalized spacial score (nSPS) is 20.7. The van der Waals surface area contributed by atoms with E-state index in [-0.39, 0.29) is 0 Å². The van der Waals surface area contributed by atoms with Crippen LogP contribution in [0.1, 0.15) is 12.0 Å². The molecular formula is C11H13Cl2NO. The summed E-state index contributed by atoms with van der Waals surface area (Å²) in [5, 5.41) is 9.61. The third kappa shape index (κ3) is 2.77. The number of likely N-dealkylation sites (tertiary alicyclic amines) is 1. The summed E-state index contributed by atoms with van der Waals surface area (Å²) in [6.45, 7) is 2.24. The minimum absolute atomic E-state index is 0.333. The van der Waals surface area contributed by atoms with Crippen LogP contribution in [0.3, 0.4) is 0 Å². The lowest BCUT2D eigenvalue weighted by atomic mass is 10.2. The Morgan fingerprint density at radius 3 is 2.67 bits per heavy atom. The fourth-order valence-electron chi connectivity index (χ4n) is 1.83. The first kappa shape index (κ1) is 11.1. The number of halogens is 2. The Morgan fingerprint density at radius 2 is 2.07 bits per heavy atom. The molecule has 1 N–H and O–H groups in total. The standard InChI is InChI=1S/C11H13Cl2NO/c12-11(13)5-6-14(8-11)7-9-3-1-2-4-10(9)15/h1-4,15H,5-8H2. The summed E-state index contributed by atoms with van der Waals surface area (Å²) in [4.78, 5) is 2.15. The van der Waals surface area contributed by atoms with E-state index in [0.29, 0.717) is 18.8 Å². The molecular weight excluding hydrogens is 233 g/mol. The van der Waals surface area contributed by atoms with E-state index in [2.05, 4.69) is 4.90 Å². The molecule has 1 aliphatic rings. The zero-order valence-corrected chi connectivity index (χ0v) is 9.80. The van der Waals surface area contributed by atoms with E-state index in [4.69, 9.17) is 23.2 Å². The van der Waals surface area contributed by atoms with Crippen LogP contribution in [0.4, 0.5) is 0 Å². The number of hydrogen-bond donors (Lipinski definition) is 1. The lowest BCUT2D eigenvalue weighted by molar-refractivity contribution is 0.322. The van der Waals surface area contributed by atoms with E-state index in [9.17, 15) is 5.11 Å². The number of rotatable bonds is 2. The SMILES string of the molecule is Oc1ccccc1CN1CCC(Cl)(Cl)C1. The Bertz CT molecular complexity index is 354. The van der Waals surface area contributed by atoms with Crippen LogP contribution in [0.2, 0.25) is 0 Å². The predicted molar refractivity (Wildman–Crippen MR) is 62.4 cm³/mol. The third-order valence-electron chi connectivity index (χ3n) is 2.63. The van der Waals surface area contributed by atoms with E-state index in [0.717, 1.165) is 18.5 Å². The van der Waals surface area contributed by atoms with Crippen LogP contribution in [0.25, 0.3) is 0 Å². The number of phenolic OH excluding ortho intramolecular Hbond substituents is 1. The summed E-state index contributed by atoms with van der Waals surface area (Å²) < 4.78 is -0.621. The maximum absolute atomic E-state index is 9.61. The molecule has 0 aliphatic carbocycles. The van der Waals surface area contributed by atoms with Gasteiger partial charge in [-0.3, -0.25) is 4.90 Å². The molecule has 0 spiro atoms. The predicted octanol–water partition coefficient (Wildman–Crippen LogP) is 2.77. The van der Waals surface area contributed by atoms with Crippen molar-refractivity contribution in [2.45, 2.75) is 17.3 Å². The molecule has 1 aromatic carbocycles. The van der Waals surface area contributed by atoms with E-state index >= 15 is 0 Å². The molecule has 82 valence electrons. The van der Waals surface area contributed by atoms with Crippen molar-refractivity contribution in [3.63, 3.8) is 0 Å². The molecule has 1 saturated heterocycles. The summed E-state index contributed by atoms with van der Waals surface area (Å²) in [6.07, 6.45) is 0.781. The highest BCUT2D eigenvalue weighted by molar-refractivity contribution is 6.48. The first-order valence-electron chi connectivity index (χ1n) is 4.94. The molecule has 15 heavy (non-hydrogen) atoms. The maximum atomic E-state index is 9.61. The van der Waals surface area contributed by atoms with Crippen molar-refractivity contribution in [1.82, 2.24) is 4.90 Å². The second-order valence-corrected chi connectivity index (χ2v) is 5.59. The summed E-state index contributed by atoms with van der Waals surface area (Å²) >= 11 is 12.1. The molecule has 0 unspecified atom stereocenters. The van der Waals surface area contributed by atoms with Crippen LogP contribution in [0, 0.1) is 0 Å². The number of aromatic hydroxyl groups is 1. The van der Waals surface area contributed by atoms with Gasteiger partial charge in [-0.25, -0.2) is 0 Å². The van der Waals surface area contributed by atoms with Crippen LogP contribution < -0.4 is 0 Å². The van der Waals surface area contributed by atoms with Gasteiger partial charge in [0.25, 0.3) is 0 Å². The van der Waals surface area contributed by atoms with Gasteiger partial charge in [0, 0.05) is 25.2 Å². The number of benzene rings is 1. The molecule has 2 nitrogen and oxygen atoms in total. The van der Waals surface area contributed by atoms with Crippen molar-refractivity contribution in [3.8, 4) is 5.75 Å². The minimum Gasteiger partial charge on any atom is -0.508 e. The molecule has 1 heterocycles. The van der Waals surface area contributed by atoms with Gasteiger partial charge in [0.2, 0.25) is 0 Å². The average molecular weight is 246 g/mol. The second kappa shape index (κ2) is 4.20. The quantitative estimate of drug-likeness (QED) is 0.811. The molecule has 0 radical (unpaired) electrons. The van der Waals surface area contributed by atoms with Gasteiger partial charge in [0.1, 0.15) is 10.1 Å². The van der Waals surface area contributed by atoms with Crippen molar-refractivity contribution < 1.29 is 5.11 Å². The molecule has 0 bridgehead atoms. The molecule has 4 heteroatoms. The molecule has 1 fully saturated rings. The summed E-state index contributed by atoms with van der Waals surface area (Å²) in [7, 11) is 0. The van der Waals surface area contributed by atoms with Crippen LogP contribution in [-0.4, -0.2) is 27.4 Å².